The Morgan fingerprint density at radius 3 is 2.59 bits per heavy atom. The molecule has 3 rings (SSSR count). The van der Waals surface area contributed by atoms with Crippen molar-refractivity contribution in [2.75, 3.05) is 31.8 Å². The molecule has 9 nitrogen and oxygen atoms in total. The van der Waals surface area contributed by atoms with Crippen molar-refractivity contribution >= 4 is 33.0 Å². The minimum absolute atomic E-state index is 0.0294. The monoisotopic (exact) mass is 566 g/mol. The maximum absolute atomic E-state index is 12.9. The highest BCUT2D eigenvalue weighted by Crippen LogP contribution is 2.39. The number of aromatic nitrogens is 2. The average Bonchev–Trinajstić information content (AvgIpc) is 3.17. The zero-order valence-electron chi connectivity index (χ0n) is 20.9. The number of sulfone groups is 1. The van der Waals surface area contributed by atoms with E-state index in [1.54, 1.807) is 13.0 Å². The number of benzene rings is 1. The number of alkyl halides is 3. The van der Waals surface area contributed by atoms with E-state index in [9.17, 15) is 26.4 Å². The SMILES string of the molecule is CCn1nc(C(=O)NC[C@@H]2CC[C@H](S(C)(=O)=O)CO2)c(Cl)c1-c1ccc(N[C@H](C)C(F)(F)F)cc1OC. The highest BCUT2D eigenvalue weighted by molar-refractivity contribution is 7.91. The van der Waals surface area contributed by atoms with Crippen molar-refractivity contribution in [3.05, 3.63) is 28.9 Å². The number of halogens is 4. The molecule has 1 fully saturated rings. The molecule has 0 aliphatic carbocycles. The molecule has 37 heavy (non-hydrogen) atoms. The molecule has 14 heteroatoms. The Morgan fingerprint density at radius 1 is 1.35 bits per heavy atom. The maximum Gasteiger partial charge on any atom is 0.408 e. The molecule has 1 aromatic carbocycles. The number of carbonyl (C=O) groups excluding carboxylic acids is 1. The zero-order valence-corrected chi connectivity index (χ0v) is 22.4. The molecular formula is C23H30ClF3N4O5S. The second-order valence-electron chi connectivity index (χ2n) is 8.84. The van der Waals surface area contributed by atoms with Crippen LogP contribution >= 0.6 is 11.6 Å². The molecule has 1 amide bonds. The maximum atomic E-state index is 12.9. The summed E-state index contributed by atoms with van der Waals surface area (Å²) in [6.07, 6.45) is -2.66. The van der Waals surface area contributed by atoms with E-state index in [0.717, 1.165) is 6.92 Å². The fourth-order valence-corrected chi connectivity index (χ4v) is 5.16. The summed E-state index contributed by atoms with van der Waals surface area (Å²) in [5, 5.41) is 8.95. The second kappa shape index (κ2) is 11.5. The first-order chi connectivity index (χ1) is 17.3. The van der Waals surface area contributed by atoms with E-state index in [1.165, 1.54) is 30.2 Å². The molecule has 0 spiro atoms. The van der Waals surface area contributed by atoms with Crippen LogP contribution in [0.3, 0.4) is 0 Å². The third-order valence-corrected chi connectivity index (χ3v) is 8.11. The van der Waals surface area contributed by atoms with Crippen LogP contribution in [0.25, 0.3) is 11.3 Å². The largest absolute Gasteiger partial charge is 0.496 e. The van der Waals surface area contributed by atoms with E-state index in [4.69, 9.17) is 21.1 Å². The fraction of sp³-hybridized carbons (Fsp3) is 0.565. The van der Waals surface area contributed by atoms with Gasteiger partial charge in [-0.3, -0.25) is 9.48 Å². The number of anilines is 1. The number of rotatable bonds is 9. The summed E-state index contributed by atoms with van der Waals surface area (Å²) in [4.78, 5) is 12.9. The van der Waals surface area contributed by atoms with Crippen LogP contribution in [0.15, 0.2) is 18.2 Å². The van der Waals surface area contributed by atoms with Gasteiger partial charge in [0.05, 0.1) is 35.8 Å². The van der Waals surface area contributed by atoms with Crippen molar-refractivity contribution in [3.63, 3.8) is 0 Å². The lowest BCUT2D eigenvalue weighted by molar-refractivity contribution is -0.138. The van der Waals surface area contributed by atoms with Gasteiger partial charge < -0.3 is 20.1 Å². The third-order valence-electron chi connectivity index (χ3n) is 6.16. The van der Waals surface area contributed by atoms with E-state index in [-0.39, 0.29) is 41.4 Å². The molecule has 2 heterocycles. The smallest absolute Gasteiger partial charge is 0.408 e. The number of ether oxygens (including phenoxy) is 2. The van der Waals surface area contributed by atoms with Crippen LogP contribution in [-0.4, -0.2) is 74.2 Å². The Labute approximate surface area is 218 Å². The molecule has 2 N–H and O–H groups in total. The van der Waals surface area contributed by atoms with Crippen LogP contribution in [0.2, 0.25) is 5.02 Å². The lowest BCUT2D eigenvalue weighted by Crippen LogP contribution is -2.41. The number of nitrogens with one attached hydrogen (secondary N) is 2. The molecule has 0 bridgehead atoms. The summed E-state index contributed by atoms with van der Waals surface area (Å²) < 4.78 is 74.7. The van der Waals surface area contributed by atoms with E-state index in [1.807, 2.05) is 0 Å². The summed E-state index contributed by atoms with van der Waals surface area (Å²) >= 11 is 6.58. The summed E-state index contributed by atoms with van der Waals surface area (Å²) in [6.45, 7) is 3.39. The normalized spacial score (nSPS) is 19.4. The van der Waals surface area contributed by atoms with E-state index >= 15 is 0 Å². The minimum Gasteiger partial charge on any atom is -0.496 e. The average molecular weight is 567 g/mol. The fourth-order valence-electron chi connectivity index (χ4n) is 3.95. The van der Waals surface area contributed by atoms with E-state index < -0.39 is 33.2 Å². The van der Waals surface area contributed by atoms with Gasteiger partial charge in [0.15, 0.2) is 15.5 Å². The van der Waals surface area contributed by atoms with Gasteiger partial charge in [-0.1, -0.05) is 11.6 Å². The summed E-state index contributed by atoms with van der Waals surface area (Å²) in [5.74, 6) is -0.289. The Kier molecular flexibility index (Phi) is 9.01. The van der Waals surface area contributed by atoms with Crippen LogP contribution in [0.1, 0.15) is 37.2 Å². The van der Waals surface area contributed by atoms with Crippen LogP contribution in [0.5, 0.6) is 5.75 Å². The number of hydrogen-bond donors (Lipinski definition) is 2. The molecule has 1 saturated heterocycles. The molecule has 3 atom stereocenters. The Bertz CT molecular complexity index is 1230. The van der Waals surface area contributed by atoms with Crippen LogP contribution < -0.4 is 15.4 Å². The Hall–Kier alpha value is -2.51. The molecule has 1 aliphatic rings. The number of carbonyl (C=O) groups is 1. The summed E-state index contributed by atoms with van der Waals surface area (Å²) in [6, 6.07) is 2.67. The highest BCUT2D eigenvalue weighted by Gasteiger charge is 2.36. The summed E-state index contributed by atoms with van der Waals surface area (Å²) in [5.41, 5.74) is 1.01. The minimum atomic E-state index is -4.42. The van der Waals surface area contributed by atoms with Gasteiger partial charge in [0.25, 0.3) is 5.91 Å². The molecule has 1 aliphatic heterocycles. The standard InChI is InChI=1S/C23H30ClF3N4O5S/c1-5-31-21(17-9-6-14(10-18(17)35-3)29-13(2)23(25,26)27)19(24)20(30-31)22(32)28-11-15-7-8-16(12-36-15)37(4,33)34/h6,9-10,13,15-16,29H,5,7-8,11-12H2,1-4H3,(H,28,32)/t13-,15+,16+/m1/s1. The number of nitrogens with zero attached hydrogens (tertiary/aromatic N) is 2. The molecule has 2 aromatic rings. The predicted molar refractivity (Wildman–Crippen MR) is 134 cm³/mol. The van der Waals surface area contributed by atoms with Crippen molar-refractivity contribution in [1.29, 1.82) is 0 Å². The van der Waals surface area contributed by atoms with Crippen molar-refractivity contribution < 1.29 is 35.9 Å². The molecule has 0 saturated carbocycles. The van der Waals surface area contributed by atoms with Crippen molar-refractivity contribution in [1.82, 2.24) is 15.1 Å². The van der Waals surface area contributed by atoms with Gasteiger partial charge in [0.2, 0.25) is 0 Å². The van der Waals surface area contributed by atoms with Gasteiger partial charge in [-0.05, 0) is 38.8 Å². The third kappa shape index (κ3) is 6.88. The number of aryl methyl sites for hydroxylation is 1. The Balaban J connectivity index is 1.78. The van der Waals surface area contributed by atoms with Gasteiger partial charge in [-0.2, -0.15) is 18.3 Å². The van der Waals surface area contributed by atoms with Crippen molar-refractivity contribution in [2.24, 2.45) is 0 Å². The second-order valence-corrected chi connectivity index (χ2v) is 11.5. The first-order valence-electron chi connectivity index (χ1n) is 11.6. The van der Waals surface area contributed by atoms with Crippen molar-refractivity contribution in [3.8, 4) is 17.0 Å². The summed E-state index contributed by atoms with van der Waals surface area (Å²) in [7, 11) is -1.81. The zero-order chi connectivity index (χ0) is 27.5. The van der Waals surface area contributed by atoms with Gasteiger partial charge in [-0.25, -0.2) is 8.42 Å². The molecule has 206 valence electrons. The predicted octanol–water partition coefficient (Wildman–Crippen LogP) is 3.92. The van der Waals surface area contributed by atoms with Gasteiger partial charge in [0.1, 0.15) is 11.8 Å². The number of methoxy groups -OCH3 is 1. The van der Waals surface area contributed by atoms with E-state index in [2.05, 4.69) is 15.7 Å². The molecule has 0 radical (unpaired) electrons. The first kappa shape index (κ1) is 29.1. The van der Waals surface area contributed by atoms with Crippen molar-refractivity contribution in [2.45, 2.75) is 56.8 Å². The van der Waals surface area contributed by atoms with Gasteiger partial charge in [-0.15, -0.1) is 0 Å². The molecular weight excluding hydrogens is 537 g/mol. The lowest BCUT2D eigenvalue weighted by atomic mass is 10.1. The number of amides is 1. The first-order valence-corrected chi connectivity index (χ1v) is 14.0. The van der Waals surface area contributed by atoms with Crippen LogP contribution in [0.4, 0.5) is 18.9 Å². The quantitative estimate of drug-likeness (QED) is 0.473. The van der Waals surface area contributed by atoms with Crippen LogP contribution in [-0.2, 0) is 21.1 Å². The Morgan fingerprint density at radius 2 is 2.05 bits per heavy atom. The highest BCUT2D eigenvalue weighted by atomic mass is 35.5. The molecule has 0 unspecified atom stereocenters. The lowest BCUT2D eigenvalue weighted by Gasteiger charge is -2.28. The number of hydrogen-bond acceptors (Lipinski definition) is 7. The van der Waals surface area contributed by atoms with Crippen LogP contribution in [0, 0.1) is 0 Å². The van der Waals surface area contributed by atoms with E-state index in [0.29, 0.717) is 30.6 Å². The molecule has 1 aromatic heterocycles. The van der Waals surface area contributed by atoms with Gasteiger partial charge >= 0.3 is 6.18 Å². The topological polar surface area (TPSA) is 112 Å². The van der Waals surface area contributed by atoms with Gasteiger partial charge in [0, 0.05) is 36.7 Å².